The first-order valence-corrected chi connectivity index (χ1v) is 8.25. The number of ether oxygens (including phenoxy) is 1. The number of hydrogen-bond donors (Lipinski definition) is 1. The van der Waals surface area contributed by atoms with Crippen molar-refractivity contribution in [3.8, 4) is 0 Å². The van der Waals surface area contributed by atoms with Gasteiger partial charge in [0.2, 0.25) is 5.91 Å². The first-order valence-electron chi connectivity index (χ1n) is 8.25. The van der Waals surface area contributed by atoms with Gasteiger partial charge in [0, 0.05) is 25.6 Å². The zero-order valence-corrected chi connectivity index (χ0v) is 14.2. The highest BCUT2D eigenvalue weighted by molar-refractivity contribution is 5.83. The minimum atomic E-state index is -0.508. The van der Waals surface area contributed by atoms with Crippen LogP contribution in [0.5, 0.6) is 0 Å². The average Bonchev–Trinajstić information content (AvgIpc) is 2.97. The fraction of sp³-hybridized carbons (Fsp3) is 0.556. The molecule has 0 aromatic heterocycles. The summed E-state index contributed by atoms with van der Waals surface area (Å²) >= 11 is 0. The standard InChI is InChI=1S/C18H23FN2O3/c1-18(2,3)24-17(23)21-9-13-14(10-21)15(13)16(22)20-8-11-5-4-6-12(19)7-11/h4-7,13-15H,8-10H2,1-3H3,(H,20,22)/t13-,14+,15+. The number of rotatable bonds is 3. The van der Waals surface area contributed by atoms with Gasteiger partial charge in [-0.1, -0.05) is 12.1 Å². The second-order valence-electron chi connectivity index (χ2n) is 7.59. The molecule has 1 aromatic carbocycles. The van der Waals surface area contributed by atoms with Gasteiger partial charge in [0.05, 0.1) is 0 Å². The highest BCUT2D eigenvalue weighted by Crippen LogP contribution is 2.52. The normalized spacial score (nSPS) is 25.2. The molecule has 0 radical (unpaired) electrons. The van der Waals surface area contributed by atoms with Crippen LogP contribution in [0.25, 0.3) is 0 Å². The molecule has 0 bridgehead atoms. The molecule has 2 amide bonds. The maximum atomic E-state index is 13.1. The topological polar surface area (TPSA) is 58.6 Å². The lowest BCUT2D eigenvalue weighted by molar-refractivity contribution is -0.123. The Kier molecular flexibility index (Phi) is 4.24. The summed E-state index contributed by atoms with van der Waals surface area (Å²) in [6, 6.07) is 6.20. The molecule has 0 unspecified atom stereocenters. The highest BCUT2D eigenvalue weighted by atomic mass is 19.1. The molecule has 6 heteroatoms. The smallest absolute Gasteiger partial charge is 0.410 e. The number of halogens is 1. The van der Waals surface area contributed by atoms with Crippen LogP contribution in [0, 0.1) is 23.6 Å². The fourth-order valence-electron chi connectivity index (χ4n) is 3.34. The van der Waals surface area contributed by atoms with Crippen LogP contribution in [-0.2, 0) is 16.1 Å². The zero-order valence-electron chi connectivity index (χ0n) is 14.2. The third-order valence-electron chi connectivity index (χ3n) is 4.50. The van der Waals surface area contributed by atoms with Crippen molar-refractivity contribution in [2.75, 3.05) is 13.1 Å². The Bertz CT molecular complexity index is 644. The van der Waals surface area contributed by atoms with Crippen molar-refractivity contribution in [1.29, 1.82) is 0 Å². The molecule has 1 aliphatic heterocycles. The van der Waals surface area contributed by atoms with Crippen molar-refractivity contribution in [3.63, 3.8) is 0 Å². The van der Waals surface area contributed by atoms with Gasteiger partial charge in [-0.3, -0.25) is 4.79 Å². The molecule has 1 aliphatic carbocycles. The van der Waals surface area contributed by atoms with Crippen molar-refractivity contribution >= 4 is 12.0 Å². The molecule has 2 aliphatic rings. The van der Waals surface area contributed by atoms with Gasteiger partial charge in [-0.05, 0) is 50.3 Å². The number of nitrogens with zero attached hydrogens (tertiary/aromatic N) is 1. The SMILES string of the molecule is CC(C)(C)OC(=O)N1C[C@@H]2[C@H](C1)[C@H]2C(=O)NCc1cccc(F)c1. The van der Waals surface area contributed by atoms with Crippen LogP contribution >= 0.6 is 0 Å². The lowest BCUT2D eigenvalue weighted by atomic mass is 10.2. The molecule has 2 fully saturated rings. The van der Waals surface area contributed by atoms with Gasteiger partial charge < -0.3 is 15.0 Å². The average molecular weight is 334 g/mol. The zero-order chi connectivity index (χ0) is 17.5. The maximum absolute atomic E-state index is 13.1. The molecule has 1 heterocycles. The number of nitrogens with one attached hydrogen (secondary N) is 1. The minimum absolute atomic E-state index is 0.0156. The van der Waals surface area contributed by atoms with Crippen LogP contribution in [0.2, 0.25) is 0 Å². The molecular formula is C18H23FN2O3. The molecule has 24 heavy (non-hydrogen) atoms. The summed E-state index contributed by atoms with van der Waals surface area (Å²) in [5.74, 6) is 0.0587. The van der Waals surface area contributed by atoms with E-state index in [9.17, 15) is 14.0 Å². The van der Waals surface area contributed by atoms with Gasteiger partial charge in [-0.2, -0.15) is 0 Å². The van der Waals surface area contributed by atoms with E-state index in [0.717, 1.165) is 5.56 Å². The van der Waals surface area contributed by atoms with Crippen LogP contribution < -0.4 is 5.32 Å². The summed E-state index contributed by atoms with van der Waals surface area (Å²) in [6.45, 7) is 6.97. The monoisotopic (exact) mass is 334 g/mol. The number of carbonyl (C=O) groups excluding carboxylic acids is 2. The number of amides is 2. The van der Waals surface area contributed by atoms with E-state index in [1.54, 1.807) is 17.0 Å². The third kappa shape index (κ3) is 3.68. The third-order valence-corrected chi connectivity index (χ3v) is 4.50. The van der Waals surface area contributed by atoms with E-state index in [0.29, 0.717) is 19.6 Å². The fourth-order valence-corrected chi connectivity index (χ4v) is 3.34. The first kappa shape index (κ1) is 16.7. The molecular weight excluding hydrogens is 311 g/mol. The Morgan fingerprint density at radius 2 is 1.96 bits per heavy atom. The lowest BCUT2D eigenvalue weighted by Gasteiger charge is -2.25. The Balaban J connectivity index is 1.45. The number of fused-ring (bicyclic) bond motifs is 1. The Morgan fingerprint density at radius 1 is 1.29 bits per heavy atom. The van der Waals surface area contributed by atoms with Crippen LogP contribution in [0.4, 0.5) is 9.18 Å². The van der Waals surface area contributed by atoms with Gasteiger partial charge >= 0.3 is 6.09 Å². The summed E-state index contributed by atoms with van der Waals surface area (Å²) in [5.41, 5.74) is 0.232. The van der Waals surface area contributed by atoms with E-state index >= 15 is 0 Å². The van der Waals surface area contributed by atoms with Crippen molar-refractivity contribution in [2.45, 2.75) is 32.9 Å². The van der Waals surface area contributed by atoms with Crippen LogP contribution in [0.3, 0.4) is 0 Å². The summed E-state index contributed by atoms with van der Waals surface area (Å²) in [4.78, 5) is 25.9. The van der Waals surface area contributed by atoms with Crippen LogP contribution in [0.15, 0.2) is 24.3 Å². The van der Waals surface area contributed by atoms with Crippen molar-refractivity contribution < 1.29 is 18.7 Å². The van der Waals surface area contributed by atoms with Crippen molar-refractivity contribution in [2.24, 2.45) is 17.8 Å². The summed E-state index contributed by atoms with van der Waals surface area (Å²) in [6.07, 6.45) is -0.311. The molecule has 3 rings (SSSR count). The second-order valence-corrected chi connectivity index (χ2v) is 7.59. The Labute approximate surface area is 141 Å². The molecule has 3 atom stereocenters. The molecule has 0 spiro atoms. The minimum Gasteiger partial charge on any atom is -0.444 e. The van der Waals surface area contributed by atoms with E-state index in [4.69, 9.17) is 4.74 Å². The molecule has 1 N–H and O–H groups in total. The van der Waals surface area contributed by atoms with Gasteiger partial charge in [0.25, 0.3) is 0 Å². The van der Waals surface area contributed by atoms with Gasteiger partial charge in [0.1, 0.15) is 11.4 Å². The molecule has 5 nitrogen and oxygen atoms in total. The van der Waals surface area contributed by atoms with Gasteiger partial charge in [0.15, 0.2) is 0 Å². The molecule has 1 saturated carbocycles. The molecule has 1 saturated heterocycles. The van der Waals surface area contributed by atoms with E-state index in [-0.39, 0.29) is 35.6 Å². The Morgan fingerprint density at radius 3 is 2.54 bits per heavy atom. The summed E-state index contributed by atoms with van der Waals surface area (Å²) in [7, 11) is 0. The second kappa shape index (κ2) is 6.07. The predicted octanol–water partition coefficient (Wildman–Crippen LogP) is 2.55. The van der Waals surface area contributed by atoms with E-state index in [1.165, 1.54) is 12.1 Å². The van der Waals surface area contributed by atoms with E-state index in [2.05, 4.69) is 5.32 Å². The lowest BCUT2D eigenvalue weighted by Crippen LogP contribution is -2.38. The predicted molar refractivity (Wildman–Crippen MR) is 86.5 cm³/mol. The Hall–Kier alpha value is -2.11. The number of benzene rings is 1. The van der Waals surface area contributed by atoms with Crippen LogP contribution in [-0.4, -0.2) is 35.6 Å². The number of piperidine rings is 1. The molecule has 130 valence electrons. The van der Waals surface area contributed by atoms with Crippen molar-refractivity contribution in [3.05, 3.63) is 35.6 Å². The molecule has 1 aromatic rings. The largest absolute Gasteiger partial charge is 0.444 e. The highest BCUT2D eigenvalue weighted by Gasteiger charge is 2.60. The number of likely N-dealkylation sites (tertiary alicyclic amines) is 1. The first-order chi connectivity index (χ1) is 11.2. The maximum Gasteiger partial charge on any atom is 0.410 e. The van der Waals surface area contributed by atoms with Gasteiger partial charge in [-0.25, -0.2) is 9.18 Å². The van der Waals surface area contributed by atoms with E-state index < -0.39 is 5.60 Å². The summed E-state index contributed by atoms with van der Waals surface area (Å²) < 4.78 is 18.5. The van der Waals surface area contributed by atoms with E-state index in [1.807, 2.05) is 20.8 Å². The summed E-state index contributed by atoms with van der Waals surface area (Å²) in [5, 5.41) is 2.86. The van der Waals surface area contributed by atoms with Gasteiger partial charge in [-0.15, -0.1) is 0 Å². The van der Waals surface area contributed by atoms with Crippen LogP contribution in [0.1, 0.15) is 26.3 Å². The quantitative estimate of drug-likeness (QED) is 0.924. The number of carbonyl (C=O) groups is 2. The number of hydrogen-bond acceptors (Lipinski definition) is 3. The van der Waals surface area contributed by atoms with Crippen molar-refractivity contribution in [1.82, 2.24) is 10.2 Å².